The summed E-state index contributed by atoms with van der Waals surface area (Å²) in [5.41, 5.74) is 4.71. The van der Waals surface area contributed by atoms with Crippen LogP contribution < -0.4 is 14.4 Å². The quantitative estimate of drug-likeness (QED) is 0.202. The van der Waals surface area contributed by atoms with Crippen LogP contribution in [0.3, 0.4) is 0 Å². The van der Waals surface area contributed by atoms with Gasteiger partial charge >= 0.3 is 6.09 Å². The predicted molar refractivity (Wildman–Crippen MR) is 170 cm³/mol. The first kappa shape index (κ1) is 30.0. The number of nitrogens with zero attached hydrogens (tertiary/aromatic N) is 3. The van der Waals surface area contributed by atoms with Gasteiger partial charge in [0.1, 0.15) is 18.8 Å². The minimum absolute atomic E-state index is 0.153. The van der Waals surface area contributed by atoms with E-state index in [1.54, 1.807) is 4.90 Å². The molecule has 1 aliphatic rings. The number of piperidine rings is 1. The highest BCUT2D eigenvalue weighted by Gasteiger charge is 2.28. The summed E-state index contributed by atoms with van der Waals surface area (Å²) in [6, 6.07) is 32.7. The van der Waals surface area contributed by atoms with Crippen molar-refractivity contribution in [2.24, 2.45) is 0 Å². The number of carbonyl (C=O) groups is 1. The second kappa shape index (κ2) is 13.6. The smallest absolute Gasteiger partial charge is 0.410 e. The standard InChI is InChI=1S/C36H41N3O4/c1-36(2,3)43-35(40)38(4)30-20-22-39(23-21-30)31-17-11-16-29(24-31)32-18-19-33(41-25-27-12-7-5-8-13-27)37-34(32)42-26-28-14-9-6-10-15-28/h5-19,24,30H,20-23,25-26H2,1-4H3. The Balaban J connectivity index is 1.31. The molecule has 7 heteroatoms. The van der Waals surface area contributed by atoms with Crippen LogP contribution in [0.4, 0.5) is 10.5 Å². The molecule has 0 aliphatic carbocycles. The Morgan fingerprint density at radius 2 is 1.47 bits per heavy atom. The minimum atomic E-state index is -0.503. The molecule has 0 saturated carbocycles. The van der Waals surface area contributed by atoms with Crippen molar-refractivity contribution in [3.05, 3.63) is 108 Å². The first-order valence-electron chi connectivity index (χ1n) is 14.9. The van der Waals surface area contributed by atoms with E-state index in [1.165, 1.54) is 0 Å². The molecule has 3 aromatic carbocycles. The number of carbonyl (C=O) groups excluding carboxylic acids is 1. The molecule has 0 N–H and O–H groups in total. The molecule has 1 amide bonds. The van der Waals surface area contributed by atoms with Crippen LogP contribution in [0.15, 0.2) is 97.1 Å². The number of rotatable bonds is 9. The third kappa shape index (κ3) is 8.28. The third-order valence-electron chi connectivity index (χ3n) is 7.50. The van der Waals surface area contributed by atoms with E-state index < -0.39 is 5.60 Å². The fourth-order valence-corrected chi connectivity index (χ4v) is 5.16. The SMILES string of the molecule is CN(C(=O)OC(C)(C)C)C1CCN(c2cccc(-c3ccc(OCc4ccccc4)nc3OCc3ccccc3)c2)CC1. The molecule has 1 saturated heterocycles. The predicted octanol–water partition coefficient (Wildman–Crippen LogP) is 7.74. The Hall–Kier alpha value is -4.52. The van der Waals surface area contributed by atoms with E-state index in [4.69, 9.17) is 19.2 Å². The van der Waals surface area contributed by atoms with Gasteiger partial charge in [0.25, 0.3) is 0 Å². The summed E-state index contributed by atoms with van der Waals surface area (Å²) in [5.74, 6) is 1.05. The monoisotopic (exact) mass is 579 g/mol. The average molecular weight is 580 g/mol. The van der Waals surface area contributed by atoms with Gasteiger partial charge in [-0.15, -0.1) is 0 Å². The molecule has 2 heterocycles. The molecule has 43 heavy (non-hydrogen) atoms. The van der Waals surface area contributed by atoms with E-state index in [0.717, 1.165) is 53.9 Å². The highest BCUT2D eigenvalue weighted by Crippen LogP contribution is 2.34. The van der Waals surface area contributed by atoms with Gasteiger partial charge in [-0.05, 0) is 68.5 Å². The van der Waals surface area contributed by atoms with Crippen molar-refractivity contribution in [3.8, 4) is 22.9 Å². The van der Waals surface area contributed by atoms with Crippen LogP contribution >= 0.6 is 0 Å². The maximum absolute atomic E-state index is 12.6. The van der Waals surface area contributed by atoms with Crippen LogP contribution in [0, 0.1) is 0 Å². The molecule has 0 radical (unpaired) electrons. The first-order valence-corrected chi connectivity index (χ1v) is 14.9. The molecule has 0 bridgehead atoms. The first-order chi connectivity index (χ1) is 20.7. The molecule has 1 aliphatic heterocycles. The minimum Gasteiger partial charge on any atom is -0.473 e. The lowest BCUT2D eigenvalue weighted by Gasteiger charge is -2.38. The lowest BCUT2D eigenvalue weighted by Crippen LogP contribution is -2.47. The summed E-state index contributed by atoms with van der Waals surface area (Å²) < 4.78 is 17.9. The second-order valence-electron chi connectivity index (χ2n) is 11.9. The fraction of sp³-hybridized carbons (Fsp3) is 0.333. The van der Waals surface area contributed by atoms with Crippen LogP contribution in [-0.4, -0.2) is 47.8 Å². The summed E-state index contributed by atoms with van der Waals surface area (Å²) in [7, 11) is 1.84. The lowest BCUT2D eigenvalue weighted by atomic mass is 10.0. The van der Waals surface area contributed by atoms with Crippen molar-refractivity contribution >= 4 is 11.8 Å². The maximum atomic E-state index is 12.6. The van der Waals surface area contributed by atoms with Crippen molar-refractivity contribution in [2.45, 2.75) is 58.5 Å². The zero-order valence-electron chi connectivity index (χ0n) is 25.5. The van der Waals surface area contributed by atoms with Gasteiger partial charge < -0.3 is 24.0 Å². The average Bonchev–Trinajstić information content (AvgIpc) is 3.03. The van der Waals surface area contributed by atoms with Gasteiger partial charge in [-0.3, -0.25) is 0 Å². The van der Waals surface area contributed by atoms with E-state index >= 15 is 0 Å². The highest BCUT2D eigenvalue weighted by atomic mass is 16.6. The number of hydrogen-bond acceptors (Lipinski definition) is 6. The summed E-state index contributed by atoms with van der Waals surface area (Å²) in [6.07, 6.45) is 1.49. The fourth-order valence-electron chi connectivity index (χ4n) is 5.16. The third-order valence-corrected chi connectivity index (χ3v) is 7.50. The zero-order valence-corrected chi connectivity index (χ0v) is 25.5. The number of ether oxygens (including phenoxy) is 3. The highest BCUT2D eigenvalue weighted by molar-refractivity contribution is 5.73. The van der Waals surface area contributed by atoms with Crippen LogP contribution in [0.2, 0.25) is 0 Å². The molecule has 0 spiro atoms. The van der Waals surface area contributed by atoms with Crippen LogP contribution in [0.5, 0.6) is 11.8 Å². The van der Waals surface area contributed by atoms with Crippen LogP contribution in [0.1, 0.15) is 44.7 Å². The van der Waals surface area contributed by atoms with Gasteiger partial charge in [0.05, 0.1) is 0 Å². The molecule has 4 aromatic rings. The van der Waals surface area contributed by atoms with Crippen molar-refractivity contribution in [1.82, 2.24) is 9.88 Å². The molecule has 0 unspecified atom stereocenters. The van der Waals surface area contributed by atoms with Crippen molar-refractivity contribution < 1.29 is 19.0 Å². The number of amides is 1. The van der Waals surface area contributed by atoms with Crippen molar-refractivity contribution in [3.63, 3.8) is 0 Å². The number of hydrogen-bond donors (Lipinski definition) is 0. The molecule has 5 rings (SSSR count). The van der Waals surface area contributed by atoms with Gasteiger partial charge in [-0.25, -0.2) is 4.79 Å². The van der Waals surface area contributed by atoms with E-state index in [0.29, 0.717) is 25.0 Å². The molecule has 1 fully saturated rings. The van der Waals surface area contributed by atoms with Crippen LogP contribution in [-0.2, 0) is 18.0 Å². The van der Waals surface area contributed by atoms with Crippen molar-refractivity contribution in [2.75, 3.05) is 25.0 Å². The Kier molecular flexibility index (Phi) is 9.50. The lowest BCUT2D eigenvalue weighted by molar-refractivity contribution is 0.0201. The van der Waals surface area contributed by atoms with Gasteiger partial charge in [-0.1, -0.05) is 72.8 Å². The largest absolute Gasteiger partial charge is 0.473 e. The van der Waals surface area contributed by atoms with Gasteiger partial charge in [0.2, 0.25) is 11.8 Å². The summed E-state index contributed by atoms with van der Waals surface area (Å²) >= 11 is 0. The molecule has 1 aromatic heterocycles. The summed E-state index contributed by atoms with van der Waals surface area (Å²) in [5, 5.41) is 0. The van der Waals surface area contributed by atoms with Crippen molar-refractivity contribution in [1.29, 1.82) is 0 Å². The number of benzene rings is 3. The molecule has 224 valence electrons. The van der Waals surface area contributed by atoms with Crippen LogP contribution in [0.25, 0.3) is 11.1 Å². The molecule has 0 atom stereocenters. The maximum Gasteiger partial charge on any atom is 0.410 e. The topological polar surface area (TPSA) is 64.1 Å². The second-order valence-corrected chi connectivity index (χ2v) is 11.9. The van der Waals surface area contributed by atoms with E-state index in [-0.39, 0.29) is 12.1 Å². The normalized spacial score (nSPS) is 13.8. The van der Waals surface area contributed by atoms with Gasteiger partial charge in [0.15, 0.2) is 0 Å². The Morgan fingerprint density at radius 1 is 0.837 bits per heavy atom. The Labute approximate surface area is 255 Å². The zero-order chi connectivity index (χ0) is 30.2. The molecular formula is C36H41N3O4. The molecular weight excluding hydrogens is 538 g/mol. The summed E-state index contributed by atoms with van der Waals surface area (Å²) in [6.45, 7) is 8.22. The number of pyridine rings is 1. The van der Waals surface area contributed by atoms with E-state index in [1.807, 2.05) is 101 Å². The van der Waals surface area contributed by atoms with E-state index in [9.17, 15) is 4.79 Å². The van der Waals surface area contributed by atoms with Gasteiger partial charge in [0, 0.05) is 43.5 Å². The Bertz CT molecular complexity index is 1480. The Morgan fingerprint density at radius 3 is 2.09 bits per heavy atom. The molecule has 7 nitrogen and oxygen atoms in total. The van der Waals surface area contributed by atoms with E-state index in [2.05, 4.69) is 29.2 Å². The van der Waals surface area contributed by atoms with Gasteiger partial charge in [-0.2, -0.15) is 4.98 Å². The summed E-state index contributed by atoms with van der Waals surface area (Å²) in [4.78, 5) is 21.5. The number of anilines is 1. The number of aromatic nitrogens is 1.